The number of benzene rings is 1. The minimum atomic E-state index is -1.00. The number of amides is 1. The van der Waals surface area contributed by atoms with Gasteiger partial charge in [0.15, 0.2) is 5.78 Å². The van der Waals surface area contributed by atoms with E-state index in [2.05, 4.69) is 16.9 Å². The highest BCUT2D eigenvalue weighted by atomic mass is 16.2. The van der Waals surface area contributed by atoms with E-state index in [0.29, 0.717) is 30.8 Å². The maximum Gasteiger partial charge on any atom is 0.256 e. The maximum absolute atomic E-state index is 14.1. The van der Waals surface area contributed by atoms with Crippen LogP contribution >= 0.6 is 0 Å². The molecule has 1 aliphatic rings. The van der Waals surface area contributed by atoms with Gasteiger partial charge in [-0.1, -0.05) is 56.5 Å². The first-order valence-electron chi connectivity index (χ1n) is 12.4. The number of rotatable bonds is 12. The van der Waals surface area contributed by atoms with E-state index >= 15 is 0 Å². The third kappa shape index (κ3) is 6.07. The summed E-state index contributed by atoms with van der Waals surface area (Å²) in [5.41, 5.74) is 1.62. The number of carbonyl (C=O) groups excluding carboxylic acids is 2. The molecule has 6 nitrogen and oxygen atoms in total. The van der Waals surface area contributed by atoms with Crippen molar-refractivity contribution in [2.75, 3.05) is 6.54 Å². The average Bonchev–Trinajstić information content (AvgIpc) is 3.13. The lowest BCUT2D eigenvalue weighted by molar-refractivity contribution is -0.131. The predicted octanol–water partition coefficient (Wildman–Crippen LogP) is 5.09. The number of aromatic nitrogens is 2. The number of ketones is 1. The van der Waals surface area contributed by atoms with Crippen LogP contribution in [0.25, 0.3) is 0 Å². The maximum atomic E-state index is 14.1. The molecule has 0 N–H and O–H groups in total. The number of hydrogen-bond donors (Lipinski definition) is 0. The second-order valence-electron chi connectivity index (χ2n) is 9.11. The Hall–Kier alpha value is -3.67. The molecule has 0 saturated heterocycles. The first-order chi connectivity index (χ1) is 17.1. The number of aliphatic imine (C=N–C) groups is 1. The molecule has 0 saturated carbocycles. The van der Waals surface area contributed by atoms with Gasteiger partial charge in [-0.25, -0.2) is 0 Å². The summed E-state index contributed by atoms with van der Waals surface area (Å²) in [5.74, 6) is 0.515. The number of hydrogen-bond acceptors (Lipinski definition) is 5. The van der Waals surface area contributed by atoms with Crippen LogP contribution in [-0.4, -0.2) is 44.5 Å². The van der Waals surface area contributed by atoms with Crippen LogP contribution in [0.4, 0.5) is 0 Å². The van der Waals surface area contributed by atoms with E-state index in [4.69, 9.17) is 4.99 Å². The van der Waals surface area contributed by atoms with Crippen LogP contribution in [0.3, 0.4) is 0 Å². The first-order valence-corrected chi connectivity index (χ1v) is 12.4. The summed E-state index contributed by atoms with van der Waals surface area (Å²) in [6.07, 6.45) is 12.1. The van der Waals surface area contributed by atoms with Crippen molar-refractivity contribution >= 4 is 17.5 Å². The Morgan fingerprint density at radius 3 is 2.00 bits per heavy atom. The number of pyridine rings is 2. The van der Waals surface area contributed by atoms with Crippen LogP contribution in [0.15, 0.2) is 84.4 Å². The van der Waals surface area contributed by atoms with Gasteiger partial charge in [0.05, 0.1) is 6.42 Å². The van der Waals surface area contributed by atoms with E-state index in [-0.39, 0.29) is 18.1 Å². The highest BCUT2D eigenvalue weighted by Crippen LogP contribution is 2.32. The van der Waals surface area contributed by atoms with Gasteiger partial charge in [-0.15, -0.1) is 0 Å². The van der Waals surface area contributed by atoms with Gasteiger partial charge >= 0.3 is 0 Å². The highest BCUT2D eigenvalue weighted by molar-refractivity contribution is 6.17. The molecule has 2 aromatic heterocycles. The van der Waals surface area contributed by atoms with E-state index < -0.39 is 5.54 Å². The van der Waals surface area contributed by atoms with Crippen molar-refractivity contribution in [1.82, 2.24) is 14.9 Å². The van der Waals surface area contributed by atoms with Crippen molar-refractivity contribution in [2.45, 2.75) is 57.4 Å². The fourth-order valence-corrected chi connectivity index (χ4v) is 4.63. The van der Waals surface area contributed by atoms with Crippen LogP contribution in [0.2, 0.25) is 0 Å². The Kier molecular flexibility index (Phi) is 8.14. The van der Waals surface area contributed by atoms with E-state index in [1.807, 2.05) is 54.6 Å². The molecule has 0 spiro atoms. The molecule has 0 atom stereocenters. The lowest BCUT2D eigenvalue weighted by Gasteiger charge is -2.27. The van der Waals surface area contributed by atoms with Gasteiger partial charge in [-0.05, 0) is 41.8 Å². The number of amidine groups is 1. The zero-order chi connectivity index (χ0) is 24.5. The second-order valence-corrected chi connectivity index (χ2v) is 9.11. The fraction of sp³-hybridized carbons (Fsp3) is 0.345. The van der Waals surface area contributed by atoms with E-state index in [1.165, 1.54) is 0 Å². The molecule has 0 radical (unpaired) electrons. The Morgan fingerprint density at radius 1 is 0.829 bits per heavy atom. The van der Waals surface area contributed by atoms with Crippen molar-refractivity contribution in [2.24, 2.45) is 4.99 Å². The number of Topliss-reactive ketones (excluding diaryl/α,β-unsaturated/α-hetero) is 1. The monoisotopic (exact) mass is 468 g/mol. The van der Waals surface area contributed by atoms with Gasteiger partial charge in [0.25, 0.3) is 5.91 Å². The molecule has 1 aromatic carbocycles. The normalized spacial score (nSPS) is 14.7. The molecule has 0 aliphatic carbocycles. The van der Waals surface area contributed by atoms with Gasteiger partial charge in [-0.3, -0.25) is 29.4 Å². The molecule has 180 valence electrons. The third-order valence-corrected chi connectivity index (χ3v) is 6.44. The molecule has 6 heteroatoms. The zero-order valence-corrected chi connectivity index (χ0v) is 20.3. The van der Waals surface area contributed by atoms with E-state index in [9.17, 15) is 9.59 Å². The smallest absolute Gasteiger partial charge is 0.256 e. The molecule has 1 amide bonds. The molecule has 3 aromatic rings. The minimum Gasteiger partial charge on any atom is -0.298 e. The van der Waals surface area contributed by atoms with Crippen LogP contribution < -0.4 is 0 Å². The van der Waals surface area contributed by atoms with Crippen molar-refractivity contribution in [3.8, 4) is 0 Å². The molecule has 35 heavy (non-hydrogen) atoms. The molecule has 3 heterocycles. The van der Waals surface area contributed by atoms with Crippen molar-refractivity contribution in [3.05, 3.63) is 96.1 Å². The summed E-state index contributed by atoms with van der Waals surface area (Å²) in [5, 5.41) is 0. The average molecular weight is 469 g/mol. The van der Waals surface area contributed by atoms with Crippen molar-refractivity contribution in [1.29, 1.82) is 0 Å². The first kappa shape index (κ1) is 24.5. The van der Waals surface area contributed by atoms with Gasteiger partial charge in [0, 0.05) is 49.7 Å². The van der Waals surface area contributed by atoms with Crippen LogP contribution in [0.1, 0.15) is 60.5 Å². The molecule has 0 fully saturated rings. The predicted molar refractivity (Wildman–Crippen MR) is 137 cm³/mol. The minimum absolute atomic E-state index is 0.0284. The molecular formula is C29H32N4O2. The fourth-order valence-electron chi connectivity index (χ4n) is 4.63. The molecular weight excluding hydrogens is 436 g/mol. The Balaban J connectivity index is 1.69. The molecule has 1 aliphatic heterocycles. The summed E-state index contributed by atoms with van der Waals surface area (Å²) >= 11 is 0. The number of nitrogens with zero attached hydrogens (tertiary/aromatic N) is 4. The summed E-state index contributed by atoms with van der Waals surface area (Å²) in [6, 6.07) is 16.9. The summed E-state index contributed by atoms with van der Waals surface area (Å²) in [7, 11) is 0. The Morgan fingerprint density at radius 2 is 1.43 bits per heavy atom. The van der Waals surface area contributed by atoms with Crippen molar-refractivity contribution in [3.63, 3.8) is 0 Å². The van der Waals surface area contributed by atoms with Crippen LogP contribution in [-0.2, 0) is 17.6 Å². The van der Waals surface area contributed by atoms with Crippen molar-refractivity contribution < 1.29 is 9.59 Å². The number of unbranched alkanes of at least 4 members (excludes halogenated alkanes) is 3. The van der Waals surface area contributed by atoms with Gasteiger partial charge in [0.2, 0.25) is 0 Å². The molecule has 0 bridgehead atoms. The summed E-state index contributed by atoms with van der Waals surface area (Å²) < 4.78 is 0. The topological polar surface area (TPSA) is 75.5 Å². The quantitative estimate of drug-likeness (QED) is 0.274. The standard InChI is InChI=1S/C29H32N4O2/c1-2-3-4-8-19-33-27(20-26(34)25-9-6-5-7-10-25)32-29(28(33)35,21-23-11-15-30-16-12-23)22-24-13-17-31-18-14-24/h5-7,9-18H,2-4,8,19-22H2,1H3. The lowest BCUT2D eigenvalue weighted by Crippen LogP contribution is -2.46. The summed E-state index contributed by atoms with van der Waals surface area (Å²) in [4.78, 5) is 42.3. The van der Waals surface area contributed by atoms with Gasteiger partial charge < -0.3 is 0 Å². The second kappa shape index (κ2) is 11.6. The molecule has 4 rings (SSSR count). The van der Waals surface area contributed by atoms with Crippen LogP contribution in [0, 0.1) is 0 Å². The summed E-state index contributed by atoms with van der Waals surface area (Å²) in [6.45, 7) is 2.75. The van der Waals surface area contributed by atoms with E-state index in [1.54, 1.807) is 29.7 Å². The SMILES string of the molecule is CCCCCCN1C(=O)C(Cc2ccncc2)(Cc2ccncc2)N=C1CC(=O)c1ccccc1. The zero-order valence-electron chi connectivity index (χ0n) is 20.3. The highest BCUT2D eigenvalue weighted by Gasteiger charge is 2.48. The largest absolute Gasteiger partial charge is 0.298 e. The van der Waals surface area contributed by atoms with Gasteiger partial charge in [0.1, 0.15) is 11.4 Å². The molecule has 0 unspecified atom stereocenters. The Labute approximate surface area is 207 Å². The third-order valence-electron chi connectivity index (χ3n) is 6.44. The lowest BCUT2D eigenvalue weighted by atomic mass is 9.85. The van der Waals surface area contributed by atoms with E-state index in [0.717, 1.165) is 36.8 Å². The van der Waals surface area contributed by atoms with Gasteiger partial charge in [-0.2, -0.15) is 0 Å². The van der Waals surface area contributed by atoms with Crippen LogP contribution in [0.5, 0.6) is 0 Å². The Bertz CT molecular complexity index is 1110. The number of carbonyl (C=O) groups is 2.